The number of halogens is 4. The zero-order chi connectivity index (χ0) is 13.9. The molecule has 0 bridgehead atoms. The van der Waals surface area contributed by atoms with Crippen molar-refractivity contribution < 1.29 is 17.9 Å². The SMILES string of the molecule is COc1ccc(C(C)C)cc1[C@H](N)CC(F)(F)F.Cl. The van der Waals surface area contributed by atoms with Crippen molar-refractivity contribution in [1.29, 1.82) is 0 Å². The molecule has 0 saturated heterocycles. The Balaban J connectivity index is 0.00000324. The van der Waals surface area contributed by atoms with Crippen LogP contribution in [0.2, 0.25) is 0 Å². The maximum atomic E-state index is 12.4. The van der Waals surface area contributed by atoms with Crippen molar-refractivity contribution >= 4 is 12.4 Å². The lowest BCUT2D eigenvalue weighted by molar-refractivity contribution is -0.138. The maximum Gasteiger partial charge on any atom is 0.390 e. The van der Waals surface area contributed by atoms with Crippen LogP contribution < -0.4 is 10.5 Å². The molecule has 0 aromatic heterocycles. The molecule has 0 amide bonds. The van der Waals surface area contributed by atoms with Crippen molar-refractivity contribution in [3.63, 3.8) is 0 Å². The zero-order valence-corrected chi connectivity index (χ0v) is 11.9. The first-order valence-electron chi connectivity index (χ1n) is 5.74. The molecule has 0 aliphatic rings. The van der Waals surface area contributed by atoms with Crippen LogP contribution in [0.1, 0.15) is 43.4 Å². The van der Waals surface area contributed by atoms with Crippen LogP contribution in [-0.4, -0.2) is 13.3 Å². The first-order valence-corrected chi connectivity index (χ1v) is 5.74. The second-order valence-electron chi connectivity index (χ2n) is 4.58. The molecule has 0 heterocycles. The van der Waals surface area contributed by atoms with E-state index in [1.54, 1.807) is 12.1 Å². The summed E-state index contributed by atoms with van der Waals surface area (Å²) in [5.74, 6) is 0.629. The van der Waals surface area contributed by atoms with Crippen LogP contribution in [0.3, 0.4) is 0 Å². The molecule has 0 unspecified atom stereocenters. The Labute approximate surface area is 117 Å². The predicted octanol–water partition coefficient (Wildman–Crippen LogP) is 4.19. The molecule has 0 spiro atoms. The van der Waals surface area contributed by atoms with Gasteiger partial charge in [0, 0.05) is 11.6 Å². The molecule has 0 fully saturated rings. The number of rotatable bonds is 4. The summed E-state index contributed by atoms with van der Waals surface area (Å²) < 4.78 is 42.2. The summed E-state index contributed by atoms with van der Waals surface area (Å²) in [7, 11) is 1.42. The molecular weight excluding hydrogens is 279 g/mol. The monoisotopic (exact) mass is 297 g/mol. The van der Waals surface area contributed by atoms with Gasteiger partial charge in [-0.3, -0.25) is 0 Å². The van der Waals surface area contributed by atoms with Gasteiger partial charge in [0.2, 0.25) is 0 Å². The van der Waals surface area contributed by atoms with E-state index < -0.39 is 18.6 Å². The second kappa shape index (κ2) is 7.01. The molecule has 1 aromatic carbocycles. The van der Waals surface area contributed by atoms with Gasteiger partial charge in [0.1, 0.15) is 5.75 Å². The Morgan fingerprint density at radius 3 is 2.26 bits per heavy atom. The Hall–Kier alpha value is -0.940. The number of methoxy groups -OCH3 is 1. The molecular formula is C13H19ClF3NO. The topological polar surface area (TPSA) is 35.2 Å². The Morgan fingerprint density at radius 1 is 1.26 bits per heavy atom. The number of alkyl halides is 3. The van der Waals surface area contributed by atoms with E-state index in [2.05, 4.69) is 0 Å². The van der Waals surface area contributed by atoms with Gasteiger partial charge in [-0.05, 0) is 17.5 Å². The lowest BCUT2D eigenvalue weighted by Gasteiger charge is -2.19. The van der Waals surface area contributed by atoms with Crippen LogP contribution in [0.4, 0.5) is 13.2 Å². The van der Waals surface area contributed by atoms with Gasteiger partial charge in [-0.25, -0.2) is 0 Å². The zero-order valence-electron chi connectivity index (χ0n) is 11.1. The van der Waals surface area contributed by atoms with E-state index in [1.807, 2.05) is 19.9 Å². The average Bonchev–Trinajstić information content (AvgIpc) is 2.25. The maximum absolute atomic E-state index is 12.4. The van der Waals surface area contributed by atoms with E-state index in [9.17, 15) is 13.2 Å². The summed E-state index contributed by atoms with van der Waals surface area (Å²) in [5, 5.41) is 0. The highest BCUT2D eigenvalue weighted by Gasteiger charge is 2.32. The molecule has 19 heavy (non-hydrogen) atoms. The lowest BCUT2D eigenvalue weighted by Crippen LogP contribution is -2.21. The third kappa shape index (κ3) is 5.28. The number of ether oxygens (including phenoxy) is 1. The van der Waals surface area contributed by atoms with Crippen molar-refractivity contribution in [3.8, 4) is 5.75 Å². The minimum atomic E-state index is -4.28. The number of nitrogens with two attached hydrogens (primary N) is 1. The largest absolute Gasteiger partial charge is 0.496 e. The van der Waals surface area contributed by atoms with Gasteiger partial charge >= 0.3 is 6.18 Å². The Morgan fingerprint density at radius 2 is 1.84 bits per heavy atom. The minimum Gasteiger partial charge on any atom is -0.496 e. The normalized spacial score (nSPS) is 13.1. The average molecular weight is 298 g/mol. The highest BCUT2D eigenvalue weighted by Crippen LogP contribution is 2.34. The molecule has 0 aliphatic heterocycles. The summed E-state index contributed by atoms with van der Waals surface area (Å²) >= 11 is 0. The molecule has 2 N–H and O–H groups in total. The fraction of sp³-hybridized carbons (Fsp3) is 0.538. The standard InChI is InChI=1S/C13H18F3NO.ClH/c1-8(2)9-4-5-12(18-3)10(6-9)11(17)7-13(14,15)16;/h4-6,8,11H,7,17H2,1-3H3;1H/t11-;/m1./s1. The molecule has 1 atom stereocenters. The second-order valence-corrected chi connectivity index (χ2v) is 4.58. The third-order valence-electron chi connectivity index (χ3n) is 2.77. The highest BCUT2D eigenvalue weighted by atomic mass is 35.5. The van der Waals surface area contributed by atoms with Gasteiger partial charge in [-0.15, -0.1) is 12.4 Å². The minimum absolute atomic E-state index is 0. The van der Waals surface area contributed by atoms with Gasteiger partial charge in [0.15, 0.2) is 0 Å². The van der Waals surface area contributed by atoms with Crippen LogP contribution >= 0.6 is 12.4 Å². The molecule has 110 valence electrons. The number of hydrogen-bond donors (Lipinski definition) is 1. The van der Waals surface area contributed by atoms with E-state index in [1.165, 1.54) is 7.11 Å². The molecule has 2 nitrogen and oxygen atoms in total. The summed E-state index contributed by atoms with van der Waals surface area (Å²) in [6, 6.07) is 4.10. The first-order chi connectivity index (χ1) is 8.24. The van der Waals surface area contributed by atoms with Gasteiger partial charge in [-0.1, -0.05) is 26.0 Å². The van der Waals surface area contributed by atoms with Gasteiger partial charge in [0.25, 0.3) is 0 Å². The summed E-state index contributed by atoms with van der Waals surface area (Å²) in [4.78, 5) is 0. The Kier molecular flexibility index (Phi) is 6.66. The van der Waals surface area contributed by atoms with Crippen molar-refractivity contribution in [2.24, 2.45) is 5.73 Å². The van der Waals surface area contributed by atoms with Crippen LogP contribution in [-0.2, 0) is 0 Å². The highest BCUT2D eigenvalue weighted by molar-refractivity contribution is 5.85. The van der Waals surface area contributed by atoms with Gasteiger partial charge in [0.05, 0.1) is 13.5 Å². The van der Waals surface area contributed by atoms with E-state index in [4.69, 9.17) is 10.5 Å². The van der Waals surface area contributed by atoms with Crippen LogP contribution in [0.25, 0.3) is 0 Å². The fourth-order valence-corrected chi connectivity index (χ4v) is 1.76. The molecule has 0 radical (unpaired) electrons. The summed E-state index contributed by atoms with van der Waals surface area (Å²) in [6.45, 7) is 3.95. The van der Waals surface area contributed by atoms with Crippen LogP contribution in [0.15, 0.2) is 18.2 Å². The predicted molar refractivity (Wildman–Crippen MR) is 71.9 cm³/mol. The van der Waals surface area contributed by atoms with Crippen molar-refractivity contribution in [2.75, 3.05) is 7.11 Å². The summed E-state index contributed by atoms with van der Waals surface area (Å²) in [5.41, 5.74) is 6.98. The van der Waals surface area contributed by atoms with Crippen molar-refractivity contribution in [2.45, 2.75) is 38.4 Å². The van der Waals surface area contributed by atoms with Gasteiger partial charge in [-0.2, -0.15) is 13.2 Å². The van der Waals surface area contributed by atoms with E-state index in [-0.39, 0.29) is 18.3 Å². The molecule has 1 rings (SSSR count). The lowest BCUT2D eigenvalue weighted by atomic mass is 9.96. The van der Waals surface area contributed by atoms with Crippen molar-refractivity contribution in [1.82, 2.24) is 0 Å². The van der Waals surface area contributed by atoms with Gasteiger partial charge < -0.3 is 10.5 Å². The number of hydrogen-bond acceptors (Lipinski definition) is 2. The molecule has 0 aliphatic carbocycles. The van der Waals surface area contributed by atoms with E-state index >= 15 is 0 Å². The summed E-state index contributed by atoms with van der Waals surface area (Å²) in [6.07, 6.45) is -5.33. The first kappa shape index (κ1) is 18.1. The molecule has 1 aromatic rings. The molecule has 0 saturated carbocycles. The Bertz CT molecular complexity index is 407. The van der Waals surface area contributed by atoms with E-state index in [0.29, 0.717) is 11.3 Å². The van der Waals surface area contributed by atoms with Crippen LogP contribution in [0.5, 0.6) is 5.75 Å². The van der Waals surface area contributed by atoms with Crippen LogP contribution in [0, 0.1) is 0 Å². The quantitative estimate of drug-likeness (QED) is 0.904. The van der Waals surface area contributed by atoms with Crippen molar-refractivity contribution in [3.05, 3.63) is 29.3 Å². The smallest absolute Gasteiger partial charge is 0.390 e. The number of benzene rings is 1. The third-order valence-corrected chi connectivity index (χ3v) is 2.77. The van der Waals surface area contributed by atoms with E-state index in [0.717, 1.165) is 5.56 Å². The molecule has 6 heteroatoms. The fourth-order valence-electron chi connectivity index (χ4n) is 1.76.